The summed E-state index contributed by atoms with van der Waals surface area (Å²) in [6.07, 6.45) is 2.99. The number of benzene rings is 1. The first kappa shape index (κ1) is 26.8. The fraction of sp³-hybridized carbons (Fsp3) is 0.407. The van der Waals surface area contributed by atoms with Crippen LogP contribution in [-0.2, 0) is 23.8 Å². The summed E-state index contributed by atoms with van der Waals surface area (Å²) in [4.78, 5) is 51.8. The van der Waals surface area contributed by atoms with E-state index in [-0.39, 0.29) is 5.82 Å². The Morgan fingerprint density at radius 1 is 1.10 bits per heavy atom. The number of nitrogens with zero attached hydrogens (tertiary/aromatic N) is 5. The van der Waals surface area contributed by atoms with Crippen molar-refractivity contribution in [3.05, 3.63) is 54.6 Å². The Balaban J connectivity index is 1.31. The average Bonchev–Trinajstić information content (AvgIpc) is 3.76. The molecular formula is C27H29N7O7. The van der Waals surface area contributed by atoms with E-state index in [9.17, 15) is 19.5 Å². The number of nitrogens with one attached hydrogen (secondary N) is 2. The highest BCUT2D eigenvalue weighted by Crippen LogP contribution is 2.42. The summed E-state index contributed by atoms with van der Waals surface area (Å²) in [7, 11) is 0. The van der Waals surface area contributed by atoms with E-state index in [2.05, 4.69) is 25.6 Å². The lowest BCUT2D eigenvalue weighted by Crippen LogP contribution is -2.49. The largest absolute Gasteiger partial charge is 0.480 e. The number of anilines is 1. The molecule has 0 radical (unpaired) electrons. The molecule has 41 heavy (non-hydrogen) atoms. The van der Waals surface area contributed by atoms with Gasteiger partial charge in [-0.2, -0.15) is 0 Å². The number of hydrogen-bond donors (Lipinski definition) is 3. The summed E-state index contributed by atoms with van der Waals surface area (Å²) < 4.78 is 20.3. The number of imidazole rings is 1. The van der Waals surface area contributed by atoms with Crippen molar-refractivity contribution in [2.45, 2.75) is 56.6 Å². The number of carboxylic acid groups (broad SMARTS) is 1. The zero-order chi connectivity index (χ0) is 28.5. The van der Waals surface area contributed by atoms with Gasteiger partial charge < -0.3 is 29.5 Å². The lowest BCUT2D eigenvalue weighted by atomic mass is 10.1. The maximum atomic E-state index is 13.7. The highest BCUT2D eigenvalue weighted by atomic mass is 16.8. The van der Waals surface area contributed by atoms with Gasteiger partial charge in [-0.1, -0.05) is 36.4 Å². The number of carbonyl (C=O) groups excluding carboxylic acids is 2. The number of urea groups is 1. The summed E-state index contributed by atoms with van der Waals surface area (Å²) in [5.74, 6) is -1.32. The summed E-state index contributed by atoms with van der Waals surface area (Å²) in [6, 6.07) is 8.26. The van der Waals surface area contributed by atoms with Crippen molar-refractivity contribution >= 4 is 41.0 Å². The Hall–Kier alpha value is -4.40. The summed E-state index contributed by atoms with van der Waals surface area (Å²) in [5, 5.41) is 15.0. The van der Waals surface area contributed by atoms with Gasteiger partial charge in [-0.25, -0.2) is 24.5 Å². The number of carbonyl (C=O) groups is 3. The van der Waals surface area contributed by atoms with Crippen LogP contribution in [0.5, 0.6) is 0 Å². The molecule has 3 aliphatic heterocycles. The lowest BCUT2D eigenvalue weighted by molar-refractivity contribution is -0.165. The highest BCUT2D eigenvalue weighted by Gasteiger charge is 2.57. The van der Waals surface area contributed by atoms with E-state index in [0.29, 0.717) is 37.1 Å². The van der Waals surface area contributed by atoms with Gasteiger partial charge in [0.1, 0.15) is 24.6 Å². The van der Waals surface area contributed by atoms with Gasteiger partial charge in [-0.05, 0) is 31.4 Å². The molecule has 0 bridgehead atoms. The smallest absolute Gasteiger partial charge is 0.326 e. The van der Waals surface area contributed by atoms with Crippen LogP contribution in [0.1, 0.15) is 31.6 Å². The second kappa shape index (κ2) is 11.2. The van der Waals surface area contributed by atoms with Crippen molar-refractivity contribution < 1.29 is 33.7 Å². The van der Waals surface area contributed by atoms with Crippen molar-refractivity contribution in [1.29, 1.82) is 0 Å². The fourth-order valence-corrected chi connectivity index (χ4v) is 5.43. The SMILES string of the molecule is CCNC(=O)Nc1ncnc2c1ncn2C1OC(C(=O)N2CCCC2C(=O)O)[C@H]2O[C@@H](C=Cc3ccccc3)OC12. The molecule has 3 saturated heterocycles. The van der Waals surface area contributed by atoms with Gasteiger partial charge in [0.25, 0.3) is 5.91 Å². The van der Waals surface area contributed by atoms with Crippen LogP contribution in [-0.4, -0.2) is 91.2 Å². The topological polar surface area (TPSA) is 170 Å². The van der Waals surface area contributed by atoms with E-state index in [1.807, 2.05) is 36.4 Å². The van der Waals surface area contributed by atoms with Crippen molar-refractivity contribution in [2.75, 3.05) is 18.4 Å². The molecule has 3 aromatic rings. The second-order valence-electron chi connectivity index (χ2n) is 9.85. The molecular weight excluding hydrogens is 534 g/mol. The molecule has 0 aliphatic carbocycles. The molecule has 6 atom stereocenters. The fourth-order valence-electron chi connectivity index (χ4n) is 5.43. The van der Waals surface area contributed by atoms with E-state index < -0.39 is 54.8 Å². The molecule has 5 heterocycles. The molecule has 214 valence electrons. The number of ether oxygens (including phenoxy) is 3. The zero-order valence-electron chi connectivity index (χ0n) is 22.1. The number of aromatic nitrogens is 4. The molecule has 3 aliphatic rings. The Morgan fingerprint density at radius 2 is 1.90 bits per heavy atom. The summed E-state index contributed by atoms with van der Waals surface area (Å²) >= 11 is 0. The number of fused-ring (bicyclic) bond motifs is 2. The number of aliphatic carboxylic acids is 1. The standard InChI is InChI=1S/C27H29N7O7/c1-2-28-27(38)32-22-18-23(30-13-29-22)34(14-31-18)25-21-19(39-17(40-21)11-10-15-7-4-3-5-8-15)20(41-25)24(35)33-12-6-9-16(33)26(36)37/h3-5,7-8,10-11,13-14,16-17,19-21,25H,2,6,9,12H2,1H3,(H,36,37)(H2,28,29,30,32,38)/t16?,17-,19-,20?,21?,25?/m1/s1. The predicted octanol–water partition coefficient (Wildman–Crippen LogP) is 1.76. The Morgan fingerprint density at radius 3 is 2.68 bits per heavy atom. The first-order valence-corrected chi connectivity index (χ1v) is 13.4. The maximum absolute atomic E-state index is 13.7. The van der Waals surface area contributed by atoms with E-state index in [4.69, 9.17) is 14.2 Å². The van der Waals surface area contributed by atoms with E-state index >= 15 is 0 Å². The molecule has 4 unspecified atom stereocenters. The predicted molar refractivity (Wildman–Crippen MR) is 143 cm³/mol. The zero-order valence-corrected chi connectivity index (χ0v) is 22.1. The quantitative estimate of drug-likeness (QED) is 0.385. The molecule has 3 N–H and O–H groups in total. The number of carboxylic acids is 1. The molecule has 0 spiro atoms. The minimum Gasteiger partial charge on any atom is -0.480 e. The minimum absolute atomic E-state index is 0.204. The van der Waals surface area contributed by atoms with Crippen LogP contribution in [0.2, 0.25) is 0 Å². The van der Waals surface area contributed by atoms with Crippen LogP contribution < -0.4 is 10.6 Å². The van der Waals surface area contributed by atoms with Crippen LogP contribution in [0.4, 0.5) is 10.6 Å². The van der Waals surface area contributed by atoms with Gasteiger partial charge >= 0.3 is 12.0 Å². The molecule has 1 aromatic carbocycles. The number of hydrogen-bond acceptors (Lipinski definition) is 9. The summed E-state index contributed by atoms with van der Waals surface area (Å²) in [6.45, 7) is 2.54. The van der Waals surface area contributed by atoms with Crippen LogP contribution in [0, 0.1) is 0 Å². The number of amides is 3. The molecule has 2 aromatic heterocycles. The van der Waals surface area contributed by atoms with Crippen molar-refractivity contribution in [3.8, 4) is 0 Å². The molecule has 6 rings (SSSR count). The van der Waals surface area contributed by atoms with Crippen LogP contribution >= 0.6 is 0 Å². The van der Waals surface area contributed by atoms with Gasteiger partial charge in [-0.15, -0.1) is 0 Å². The van der Waals surface area contributed by atoms with E-state index in [1.54, 1.807) is 17.6 Å². The third kappa shape index (κ3) is 5.12. The highest BCUT2D eigenvalue weighted by molar-refractivity contribution is 5.95. The maximum Gasteiger partial charge on any atom is 0.326 e. The van der Waals surface area contributed by atoms with Gasteiger partial charge in [0.2, 0.25) is 0 Å². The van der Waals surface area contributed by atoms with Gasteiger partial charge in [0.15, 0.2) is 35.6 Å². The monoisotopic (exact) mass is 563 g/mol. The third-order valence-corrected chi connectivity index (χ3v) is 7.28. The molecule has 3 amide bonds. The Labute approximate surface area is 234 Å². The lowest BCUT2D eigenvalue weighted by Gasteiger charge is -2.26. The number of likely N-dealkylation sites (tertiary alicyclic amines) is 1. The van der Waals surface area contributed by atoms with Crippen LogP contribution in [0.3, 0.4) is 0 Å². The van der Waals surface area contributed by atoms with Gasteiger partial charge in [0.05, 0.1) is 6.33 Å². The normalized spacial score (nSPS) is 27.4. The number of rotatable bonds is 7. The molecule has 0 saturated carbocycles. The minimum atomic E-state index is -1.12. The first-order chi connectivity index (χ1) is 19.9. The van der Waals surface area contributed by atoms with Crippen molar-refractivity contribution in [3.63, 3.8) is 0 Å². The Kier molecular flexibility index (Phi) is 7.34. The summed E-state index contributed by atoms with van der Waals surface area (Å²) in [5.41, 5.74) is 1.61. The molecule has 3 fully saturated rings. The van der Waals surface area contributed by atoms with Gasteiger partial charge in [-0.3, -0.25) is 14.7 Å². The van der Waals surface area contributed by atoms with Gasteiger partial charge in [0, 0.05) is 13.1 Å². The van der Waals surface area contributed by atoms with Crippen LogP contribution in [0.15, 0.2) is 49.1 Å². The average molecular weight is 564 g/mol. The Bertz CT molecular complexity index is 1480. The van der Waals surface area contributed by atoms with E-state index in [0.717, 1.165) is 5.56 Å². The van der Waals surface area contributed by atoms with Crippen LogP contribution in [0.25, 0.3) is 17.2 Å². The second-order valence-corrected chi connectivity index (χ2v) is 9.85. The van der Waals surface area contributed by atoms with Crippen molar-refractivity contribution in [1.82, 2.24) is 29.7 Å². The third-order valence-electron chi connectivity index (χ3n) is 7.28. The molecule has 14 heteroatoms. The van der Waals surface area contributed by atoms with E-state index in [1.165, 1.54) is 17.6 Å². The first-order valence-electron chi connectivity index (χ1n) is 13.4. The molecule has 14 nitrogen and oxygen atoms in total. The van der Waals surface area contributed by atoms with Crippen molar-refractivity contribution in [2.24, 2.45) is 0 Å².